The largest absolute Gasteiger partial charge is 0.469 e. The Kier molecular flexibility index (Phi) is 4.12. The molecule has 19 heavy (non-hydrogen) atoms. The molecule has 0 aliphatic carbocycles. The molecule has 0 saturated heterocycles. The van der Waals surface area contributed by atoms with E-state index in [9.17, 15) is 4.79 Å². The molecule has 4 nitrogen and oxygen atoms in total. The molecule has 1 atom stereocenters. The molecule has 0 saturated carbocycles. The van der Waals surface area contributed by atoms with Crippen LogP contribution in [-0.2, 0) is 9.53 Å². The van der Waals surface area contributed by atoms with E-state index >= 15 is 0 Å². The van der Waals surface area contributed by atoms with Gasteiger partial charge in [-0.05, 0) is 37.2 Å². The number of carbonyl (C=O) groups is 1. The van der Waals surface area contributed by atoms with Gasteiger partial charge in [-0.1, -0.05) is 12.1 Å². The summed E-state index contributed by atoms with van der Waals surface area (Å²) in [7, 11) is 1.39. The van der Waals surface area contributed by atoms with Gasteiger partial charge in [-0.15, -0.1) is 0 Å². The standard InChI is InChI=1S/C15H18N2O2/c1-10-3-4-12-7-11(5-6-14(12)17-10)13(9-16)8-15(18)19-2/h3-7,13H,8-9,16H2,1-2H3. The second-order valence-corrected chi connectivity index (χ2v) is 4.62. The van der Waals surface area contributed by atoms with Gasteiger partial charge in [0.25, 0.3) is 0 Å². The summed E-state index contributed by atoms with van der Waals surface area (Å²) < 4.78 is 4.70. The van der Waals surface area contributed by atoms with Crippen LogP contribution in [0.4, 0.5) is 0 Å². The molecule has 2 N–H and O–H groups in total. The maximum absolute atomic E-state index is 11.4. The SMILES string of the molecule is COC(=O)CC(CN)c1ccc2nc(C)ccc2c1. The van der Waals surface area contributed by atoms with E-state index in [1.54, 1.807) is 0 Å². The van der Waals surface area contributed by atoms with Gasteiger partial charge in [-0.3, -0.25) is 9.78 Å². The number of hydrogen-bond acceptors (Lipinski definition) is 4. The first-order chi connectivity index (χ1) is 9.13. The number of aromatic nitrogens is 1. The molecule has 0 fully saturated rings. The van der Waals surface area contributed by atoms with Gasteiger partial charge in [0.05, 0.1) is 19.0 Å². The van der Waals surface area contributed by atoms with Crippen LogP contribution in [-0.4, -0.2) is 24.6 Å². The topological polar surface area (TPSA) is 65.2 Å². The molecule has 0 aliphatic heterocycles. The van der Waals surface area contributed by atoms with Gasteiger partial charge in [-0.2, -0.15) is 0 Å². The monoisotopic (exact) mass is 258 g/mol. The number of nitrogens with two attached hydrogens (primary N) is 1. The van der Waals surface area contributed by atoms with Crippen LogP contribution < -0.4 is 5.73 Å². The van der Waals surface area contributed by atoms with Gasteiger partial charge < -0.3 is 10.5 Å². The van der Waals surface area contributed by atoms with Crippen molar-refractivity contribution >= 4 is 16.9 Å². The highest BCUT2D eigenvalue weighted by molar-refractivity contribution is 5.80. The number of benzene rings is 1. The van der Waals surface area contributed by atoms with Crippen LogP contribution in [0.5, 0.6) is 0 Å². The van der Waals surface area contributed by atoms with Crippen molar-refractivity contribution in [2.24, 2.45) is 5.73 Å². The number of nitrogens with zero attached hydrogens (tertiary/aromatic N) is 1. The van der Waals surface area contributed by atoms with E-state index in [2.05, 4.69) is 4.98 Å². The summed E-state index contributed by atoms with van der Waals surface area (Å²) in [6, 6.07) is 10.0. The van der Waals surface area contributed by atoms with Crippen molar-refractivity contribution in [3.05, 3.63) is 41.6 Å². The van der Waals surface area contributed by atoms with Crippen molar-refractivity contribution < 1.29 is 9.53 Å². The van der Waals surface area contributed by atoms with E-state index in [1.165, 1.54) is 7.11 Å². The third-order valence-corrected chi connectivity index (χ3v) is 3.25. The zero-order valence-corrected chi connectivity index (χ0v) is 11.2. The summed E-state index contributed by atoms with van der Waals surface area (Å²) in [5, 5.41) is 1.06. The molecule has 1 heterocycles. The van der Waals surface area contributed by atoms with E-state index in [0.29, 0.717) is 13.0 Å². The Morgan fingerprint density at radius 3 is 2.84 bits per heavy atom. The molecule has 4 heteroatoms. The first-order valence-corrected chi connectivity index (χ1v) is 6.28. The van der Waals surface area contributed by atoms with Crippen LogP contribution in [0.2, 0.25) is 0 Å². The quantitative estimate of drug-likeness (QED) is 0.853. The first-order valence-electron chi connectivity index (χ1n) is 6.28. The Balaban J connectivity index is 2.33. The van der Waals surface area contributed by atoms with Crippen molar-refractivity contribution in [1.82, 2.24) is 4.98 Å². The number of methoxy groups -OCH3 is 1. The summed E-state index contributed by atoms with van der Waals surface area (Å²) in [5.74, 6) is -0.254. The Hall–Kier alpha value is -1.94. The van der Waals surface area contributed by atoms with Crippen LogP contribution in [0.3, 0.4) is 0 Å². The number of rotatable bonds is 4. The molecular weight excluding hydrogens is 240 g/mol. The smallest absolute Gasteiger partial charge is 0.306 e. The van der Waals surface area contributed by atoms with Crippen LogP contribution in [0.1, 0.15) is 23.6 Å². The third-order valence-electron chi connectivity index (χ3n) is 3.25. The lowest BCUT2D eigenvalue weighted by Crippen LogP contribution is -2.17. The summed E-state index contributed by atoms with van der Waals surface area (Å²) in [6.07, 6.45) is 0.303. The number of aryl methyl sites for hydroxylation is 1. The maximum Gasteiger partial charge on any atom is 0.306 e. The zero-order chi connectivity index (χ0) is 13.8. The van der Waals surface area contributed by atoms with Crippen LogP contribution in [0.15, 0.2) is 30.3 Å². The predicted octanol–water partition coefficient (Wildman–Crippen LogP) is 2.15. The molecule has 0 amide bonds. The Bertz CT molecular complexity index is 596. The van der Waals surface area contributed by atoms with Gasteiger partial charge in [-0.25, -0.2) is 0 Å². The van der Waals surface area contributed by atoms with E-state index in [1.807, 2.05) is 37.3 Å². The summed E-state index contributed by atoms with van der Waals surface area (Å²) in [5.41, 5.74) is 8.75. The molecule has 0 spiro atoms. The minimum atomic E-state index is -0.238. The summed E-state index contributed by atoms with van der Waals surface area (Å²) in [6.45, 7) is 2.38. The van der Waals surface area contributed by atoms with Crippen molar-refractivity contribution in [2.45, 2.75) is 19.3 Å². The van der Waals surface area contributed by atoms with Gasteiger partial charge in [0.15, 0.2) is 0 Å². The molecule has 0 radical (unpaired) electrons. The highest BCUT2D eigenvalue weighted by atomic mass is 16.5. The van der Waals surface area contributed by atoms with Crippen LogP contribution in [0, 0.1) is 6.92 Å². The molecule has 1 aromatic heterocycles. The molecule has 0 aliphatic rings. The lowest BCUT2D eigenvalue weighted by molar-refractivity contribution is -0.141. The lowest BCUT2D eigenvalue weighted by atomic mass is 9.94. The highest BCUT2D eigenvalue weighted by Crippen LogP contribution is 2.23. The molecule has 1 unspecified atom stereocenters. The van der Waals surface area contributed by atoms with Crippen LogP contribution in [0.25, 0.3) is 10.9 Å². The number of carbonyl (C=O) groups excluding carboxylic acids is 1. The van der Waals surface area contributed by atoms with Crippen molar-refractivity contribution in [1.29, 1.82) is 0 Å². The fraction of sp³-hybridized carbons (Fsp3) is 0.333. The minimum absolute atomic E-state index is 0.0156. The molecule has 1 aromatic carbocycles. The number of fused-ring (bicyclic) bond motifs is 1. The van der Waals surface area contributed by atoms with E-state index in [4.69, 9.17) is 10.5 Å². The number of hydrogen-bond donors (Lipinski definition) is 1. The number of ether oxygens (including phenoxy) is 1. The minimum Gasteiger partial charge on any atom is -0.469 e. The number of pyridine rings is 1. The second kappa shape index (κ2) is 5.80. The van der Waals surface area contributed by atoms with E-state index < -0.39 is 0 Å². The van der Waals surface area contributed by atoms with E-state index in [-0.39, 0.29) is 11.9 Å². The highest BCUT2D eigenvalue weighted by Gasteiger charge is 2.15. The maximum atomic E-state index is 11.4. The van der Waals surface area contributed by atoms with Gasteiger partial charge >= 0.3 is 5.97 Å². The van der Waals surface area contributed by atoms with Crippen molar-refractivity contribution in [2.75, 3.05) is 13.7 Å². The molecular formula is C15H18N2O2. The van der Waals surface area contributed by atoms with E-state index in [0.717, 1.165) is 22.2 Å². The fourth-order valence-electron chi connectivity index (χ4n) is 2.12. The number of esters is 1. The molecule has 2 rings (SSSR count). The predicted molar refractivity (Wildman–Crippen MR) is 74.9 cm³/mol. The van der Waals surface area contributed by atoms with Gasteiger partial charge in [0.1, 0.15) is 0 Å². The van der Waals surface area contributed by atoms with Crippen molar-refractivity contribution in [3.63, 3.8) is 0 Å². The molecule has 2 aromatic rings. The normalized spacial score (nSPS) is 12.4. The zero-order valence-electron chi connectivity index (χ0n) is 11.2. The molecule has 100 valence electrons. The van der Waals surface area contributed by atoms with Gasteiger partial charge in [0.2, 0.25) is 0 Å². The summed E-state index contributed by atoms with van der Waals surface area (Å²) in [4.78, 5) is 15.8. The molecule has 0 bridgehead atoms. The Labute approximate surface area is 112 Å². The summed E-state index contributed by atoms with van der Waals surface area (Å²) >= 11 is 0. The second-order valence-electron chi connectivity index (χ2n) is 4.62. The lowest BCUT2D eigenvalue weighted by Gasteiger charge is -2.14. The third kappa shape index (κ3) is 3.09. The fourth-order valence-corrected chi connectivity index (χ4v) is 2.12. The Morgan fingerprint density at radius 1 is 1.37 bits per heavy atom. The average molecular weight is 258 g/mol. The van der Waals surface area contributed by atoms with Crippen molar-refractivity contribution in [3.8, 4) is 0 Å². The van der Waals surface area contributed by atoms with Gasteiger partial charge in [0, 0.05) is 17.0 Å². The Morgan fingerprint density at radius 2 is 2.16 bits per heavy atom. The average Bonchev–Trinajstić information content (AvgIpc) is 2.43. The van der Waals surface area contributed by atoms with Crippen LogP contribution >= 0.6 is 0 Å². The first kappa shape index (κ1) is 13.5.